The molecule has 1 aliphatic heterocycles. The van der Waals surface area contributed by atoms with Crippen molar-refractivity contribution >= 4 is 11.9 Å². The lowest BCUT2D eigenvalue weighted by molar-refractivity contribution is -0.159. The third kappa shape index (κ3) is 3.69. The summed E-state index contributed by atoms with van der Waals surface area (Å²) in [5.41, 5.74) is 5.51. The summed E-state index contributed by atoms with van der Waals surface area (Å²) in [6.45, 7) is 8.30. The van der Waals surface area contributed by atoms with Crippen LogP contribution < -0.4 is 5.73 Å². The van der Waals surface area contributed by atoms with E-state index in [1.54, 1.807) is 0 Å². The molecule has 5 heteroatoms. The Bertz CT molecular complexity index is 353. The Morgan fingerprint density at radius 2 is 2.00 bits per heavy atom. The molecule has 5 nitrogen and oxygen atoms in total. The number of aliphatic carboxylic acids is 1. The first-order valence-corrected chi connectivity index (χ1v) is 6.95. The number of carboxylic acid groups (broad SMARTS) is 1. The number of hydrogen-bond donors (Lipinski definition) is 2. The Morgan fingerprint density at radius 3 is 2.47 bits per heavy atom. The van der Waals surface area contributed by atoms with Crippen molar-refractivity contribution in [3.63, 3.8) is 0 Å². The summed E-state index contributed by atoms with van der Waals surface area (Å²) in [4.78, 5) is 25.3. The number of amides is 1. The minimum atomic E-state index is -0.935. The normalized spacial score (nSPS) is 24.3. The van der Waals surface area contributed by atoms with Gasteiger partial charge in [-0.1, -0.05) is 27.7 Å². The lowest BCUT2D eigenvalue weighted by atomic mass is 9.76. The fourth-order valence-electron chi connectivity index (χ4n) is 2.92. The molecule has 3 N–H and O–H groups in total. The number of carbonyl (C=O) groups excluding carboxylic acids is 1. The topological polar surface area (TPSA) is 83.6 Å². The zero-order valence-electron chi connectivity index (χ0n) is 12.3. The average molecular weight is 270 g/mol. The first-order chi connectivity index (χ1) is 8.66. The highest BCUT2D eigenvalue weighted by molar-refractivity contribution is 5.87. The Balaban J connectivity index is 2.90. The van der Waals surface area contributed by atoms with Gasteiger partial charge in [-0.05, 0) is 30.6 Å². The Labute approximate surface area is 115 Å². The minimum absolute atomic E-state index is 0.228. The molecule has 1 saturated heterocycles. The summed E-state index contributed by atoms with van der Waals surface area (Å²) in [6, 6.07) is -1.37. The second kappa shape index (κ2) is 5.90. The van der Waals surface area contributed by atoms with Crippen LogP contribution in [0.4, 0.5) is 0 Å². The van der Waals surface area contributed by atoms with E-state index >= 15 is 0 Å². The molecule has 19 heavy (non-hydrogen) atoms. The second-order valence-corrected chi connectivity index (χ2v) is 6.60. The number of carboxylic acids is 1. The van der Waals surface area contributed by atoms with Crippen molar-refractivity contribution < 1.29 is 14.7 Å². The molecule has 0 aromatic rings. The van der Waals surface area contributed by atoms with Crippen molar-refractivity contribution in [2.24, 2.45) is 17.1 Å². The van der Waals surface area contributed by atoms with Gasteiger partial charge in [-0.3, -0.25) is 4.79 Å². The molecule has 0 spiro atoms. The molecule has 110 valence electrons. The standard InChI is InChI=1S/C14H26N2O3/c1-9(2)8-10(15)12(17)16-7-5-6-14(3,4)11(16)13(18)19/h9-11H,5-8,15H2,1-4H3,(H,18,19). The van der Waals surface area contributed by atoms with E-state index in [4.69, 9.17) is 5.73 Å². The van der Waals surface area contributed by atoms with E-state index in [0.29, 0.717) is 18.9 Å². The van der Waals surface area contributed by atoms with E-state index in [0.717, 1.165) is 12.8 Å². The minimum Gasteiger partial charge on any atom is -0.480 e. The summed E-state index contributed by atoms with van der Waals surface area (Å²) in [5.74, 6) is -0.844. The summed E-state index contributed by atoms with van der Waals surface area (Å²) < 4.78 is 0. The SMILES string of the molecule is CC(C)CC(N)C(=O)N1CCCC(C)(C)C1C(=O)O. The van der Waals surface area contributed by atoms with E-state index in [1.165, 1.54) is 4.90 Å². The van der Waals surface area contributed by atoms with E-state index in [1.807, 2.05) is 27.7 Å². The number of nitrogens with zero attached hydrogens (tertiary/aromatic N) is 1. The molecular formula is C14H26N2O3. The lowest BCUT2D eigenvalue weighted by Gasteiger charge is -2.44. The maximum absolute atomic E-state index is 12.4. The number of nitrogens with two attached hydrogens (primary N) is 1. The molecule has 0 radical (unpaired) electrons. The van der Waals surface area contributed by atoms with Crippen LogP contribution in [0.2, 0.25) is 0 Å². The highest BCUT2D eigenvalue weighted by atomic mass is 16.4. The van der Waals surface area contributed by atoms with Gasteiger partial charge in [0, 0.05) is 6.54 Å². The predicted molar refractivity (Wildman–Crippen MR) is 73.6 cm³/mol. The van der Waals surface area contributed by atoms with Crippen LogP contribution in [0.15, 0.2) is 0 Å². The molecule has 1 amide bonds. The molecule has 1 fully saturated rings. The molecule has 0 bridgehead atoms. The van der Waals surface area contributed by atoms with Gasteiger partial charge in [-0.2, -0.15) is 0 Å². The van der Waals surface area contributed by atoms with Crippen molar-refractivity contribution in [3.8, 4) is 0 Å². The summed E-state index contributed by atoms with van der Waals surface area (Å²) in [7, 11) is 0. The van der Waals surface area contributed by atoms with Crippen molar-refractivity contribution in [1.82, 2.24) is 4.90 Å². The monoisotopic (exact) mass is 270 g/mol. The summed E-state index contributed by atoms with van der Waals surface area (Å²) >= 11 is 0. The number of carbonyl (C=O) groups is 2. The highest BCUT2D eigenvalue weighted by Crippen LogP contribution is 2.35. The maximum atomic E-state index is 12.4. The number of likely N-dealkylation sites (tertiary alicyclic amines) is 1. The molecule has 0 aliphatic carbocycles. The Morgan fingerprint density at radius 1 is 1.42 bits per heavy atom. The molecule has 1 heterocycles. The van der Waals surface area contributed by atoms with Crippen molar-refractivity contribution in [3.05, 3.63) is 0 Å². The van der Waals surface area contributed by atoms with Crippen LogP contribution in [0.1, 0.15) is 47.0 Å². The van der Waals surface area contributed by atoms with E-state index in [-0.39, 0.29) is 5.91 Å². The molecule has 1 rings (SSSR count). The van der Waals surface area contributed by atoms with Crippen LogP contribution in [-0.2, 0) is 9.59 Å². The molecule has 0 aromatic carbocycles. The van der Waals surface area contributed by atoms with E-state index in [9.17, 15) is 14.7 Å². The van der Waals surface area contributed by atoms with Crippen LogP contribution in [0.25, 0.3) is 0 Å². The van der Waals surface area contributed by atoms with Gasteiger partial charge in [0.15, 0.2) is 0 Å². The van der Waals surface area contributed by atoms with Crippen LogP contribution in [-0.4, -0.2) is 40.5 Å². The average Bonchev–Trinajstić information content (AvgIpc) is 2.24. The van der Waals surface area contributed by atoms with Gasteiger partial charge in [-0.15, -0.1) is 0 Å². The van der Waals surface area contributed by atoms with E-state index in [2.05, 4.69) is 0 Å². The van der Waals surface area contributed by atoms with Gasteiger partial charge in [0.05, 0.1) is 6.04 Å². The third-order valence-corrected chi connectivity index (χ3v) is 3.83. The van der Waals surface area contributed by atoms with Crippen LogP contribution in [0, 0.1) is 11.3 Å². The van der Waals surface area contributed by atoms with Gasteiger partial charge in [0.25, 0.3) is 0 Å². The molecule has 2 unspecified atom stereocenters. The summed E-state index contributed by atoms with van der Waals surface area (Å²) in [5, 5.41) is 9.42. The molecule has 2 atom stereocenters. The first kappa shape index (κ1) is 16.0. The third-order valence-electron chi connectivity index (χ3n) is 3.83. The van der Waals surface area contributed by atoms with Crippen LogP contribution in [0.5, 0.6) is 0 Å². The fourth-order valence-corrected chi connectivity index (χ4v) is 2.92. The number of piperidine rings is 1. The molecule has 0 aromatic heterocycles. The quantitative estimate of drug-likeness (QED) is 0.810. The zero-order valence-corrected chi connectivity index (χ0v) is 12.3. The predicted octanol–water partition coefficient (Wildman–Crippen LogP) is 1.46. The first-order valence-electron chi connectivity index (χ1n) is 6.95. The number of hydrogen-bond acceptors (Lipinski definition) is 3. The van der Waals surface area contributed by atoms with Gasteiger partial charge in [-0.25, -0.2) is 4.79 Å². The Hall–Kier alpha value is -1.10. The number of rotatable bonds is 4. The summed E-state index contributed by atoms with van der Waals surface area (Å²) in [6.07, 6.45) is 2.23. The fraction of sp³-hybridized carbons (Fsp3) is 0.857. The molecule has 0 saturated carbocycles. The maximum Gasteiger partial charge on any atom is 0.326 e. The molecular weight excluding hydrogens is 244 g/mol. The van der Waals surface area contributed by atoms with Crippen LogP contribution in [0.3, 0.4) is 0 Å². The highest BCUT2D eigenvalue weighted by Gasteiger charge is 2.45. The van der Waals surface area contributed by atoms with Crippen LogP contribution >= 0.6 is 0 Å². The second-order valence-electron chi connectivity index (χ2n) is 6.60. The smallest absolute Gasteiger partial charge is 0.326 e. The zero-order chi connectivity index (χ0) is 14.8. The van der Waals surface area contributed by atoms with Crippen molar-refractivity contribution in [2.75, 3.05) is 6.54 Å². The molecule has 1 aliphatic rings. The van der Waals surface area contributed by atoms with Gasteiger partial charge in [0.1, 0.15) is 6.04 Å². The Kier molecular flexibility index (Phi) is 4.96. The van der Waals surface area contributed by atoms with Gasteiger partial charge in [0.2, 0.25) is 5.91 Å². The lowest BCUT2D eigenvalue weighted by Crippen LogP contribution is -2.59. The van der Waals surface area contributed by atoms with Crippen molar-refractivity contribution in [1.29, 1.82) is 0 Å². The largest absolute Gasteiger partial charge is 0.480 e. The van der Waals surface area contributed by atoms with Crippen molar-refractivity contribution in [2.45, 2.75) is 59.0 Å². The van der Waals surface area contributed by atoms with E-state index < -0.39 is 23.5 Å². The van der Waals surface area contributed by atoms with Gasteiger partial charge < -0.3 is 15.7 Å². The van der Waals surface area contributed by atoms with Gasteiger partial charge >= 0.3 is 5.97 Å².